The van der Waals surface area contributed by atoms with Crippen LogP contribution in [0.2, 0.25) is 0 Å². The van der Waals surface area contributed by atoms with E-state index < -0.39 is 0 Å². The lowest BCUT2D eigenvalue weighted by Gasteiger charge is -2.00. The maximum atomic E-state index is 5.42. The average molecular weight is 335 g/mol. The van der Waals surface area contributed by atoms with Crippen molar-refractivity contribution in [3.8, 4) is 0 Å². The van der Waals surface area contributed by atoms with Gasteiger partial charge in [0.2, 0.25) is 0 Å². The smallest absolute Gasteiger partial charge is 0.00275 e. The van der Waals surface area contributed by atoms with Crippen LogP contribution < -0.4 is 11.1 Å². The third-order valence-corrected chi connectivity index (χ3v) is 3.64. The summed E-state index contributed by atoms with van der Waals surface area (Å²) in [5.41, 5.74) is 5.42. The van der Waals surface area contributed by atoms with E-state index in [1.165, 1.54) is 64.2 Å². The molecule has 1 aliphatic carbocycles. The maximum Gasteiger partial charge on any atom is 0.00275 e. The Morgan fingerprint density at radius 1 is 0.833 bits per heavy atom. The lowest BCUT2D eigenvalue weighted by molar-refractivity contribution is 0.558. The van der Waals surface area contributed by atoms with Gasteiger partial charge in [-0.2, -0.15) is 0 Å². The van der Waals surface area contributed by atoms with Gasteiger partial charge in [-0.3, -0.25) is 0 Å². The largest absolute Gasteiger partial charge is 0.394 e. The van der Waals surface area contributed by atoms with Crippen molar-refractivity contribution in [1.29, 1.82) is 0 Å². The zero-order chi connectivity index (χ0) is 18.1. The number of hydrogen-bond donors (Lipinski definition) is 2. The zero-order valence-electron chi connectivity index (χ0n) is 16.3. The lowest BCUT2D eigenvalue weighted by atomic mass is 10.1. The molecule has 1 aliphatic rings. The Hall–Kier alpha value is -1.28. The highest BCUT2D eigenvalue weighted by Crippen LogP contribution is 2.09. The first kappa shape index (κ1) is 25.0. The summed E-state index contributed by atoms with van der Waals surface area (Å²) in [6.07, 6.45) is 29.1. The predicted molar refractivity (Wildman–Crippen MR) is 112 cm³/mol. The molecule has 0 aromatic rings. The van der Waals surface area contributed by atoms with Crippen LogP contribution >= 0.6 is 0 Å². The predicted octanol–water partition coefficient (Wildman–Crippen LogP) is 6.27. The van der Waals surface area contributed by atoms with Crippen LogP contribution in [0, 0.1) is 0 Å². The number of unbranched alkanes of at least 4 members (excludes halogenated alkanes) is 9. The van der Waals surface area contributed by atoms with Gasteiger partial charge in [-0.05, 0) is 25.6 Å². The molecule has 0 spiro atoms. The van der Waals surface area contributed by atoms with Crippen LogP contribution in [0.15, 0.2) is 49.2 Å². The molecule has 1 rings (SSSR count). The lowest BCUT2D eigenvalue weighted by Crippen LogP contribution is -1.97. The SMILES string of the molecule is C1=CC=CCC=C1.C=CNC.CCCCCCCCCCCCN. The maximum absolute atomic E-state index is 5.42. The van der Waals surface area contributed by atoms with Gasteiger partial charge in [0.1, 0.15) is 0 Å². The second kappa shape index (κ2) is 26.6. The Morgan fingerprint density at radius 3 is 1.62 bits per heavy atom. The zero-order valence-corrected chi connectivity index (χ0v) is 16.3. The summed E-state index contributed by atoms with van der Waals surface area (Å²) in [6.45, 7) is 6.51. The van der Waals surface area contributed by atoms with Gasteiger partial charge in [-0.25, -0.2) is 0 Å². The summed E-state index contributed by atoms with van der Waals surface area (Å²) < 4.78 is 0. The quantitative estimate of drug-likeness (QED) is 0.437. The van der Waals surface area contributed by atoms with Crippen LogP contribution in [0.25, 0.3) is 0 Å². The van der Waals surface area contributed by atoms with Crippen molar-refractivity contribution in [3.05, 3.63) is 49.2 Å². The Labute approximate surface area is 152 Å². The standard InChI is InChI=1S/C12H27N.C7H8.C3H7N/c1-2-3-4-5-6-7-8-9-10-11-12-13;1-2-4-6-7-5-3-1;1-3-4-2/h2-13H2,1H3;1-6H,7H2;3-4H,1H2,2H3. The van der Waals surface area contributed by atoms with Crippen molar-refractivity contribution < 1.29 is 0 Å². The van der Waals surface area contributed by atoms with Crippen LogP contribution in [-0.2, 0) is 0 Å². The van der Waals surface area contributed by atoms with Crippen molar-refractivity contribution in [1.82, 2.24) is 5.32 Å². The van der Waals surface area contributed by atoms with Gasteiger partial charge in [0.25, 0.3) is 0 Å². The van der Waals surface area contributed by atoms with E-state index >= 15 is 0 Å². The number of nitrogens with one attached hydrogen (secondary N) is 1. The Morgan fingerprint density at radius 2 is 1.25 bits per heavy atom. The molecular weight excluding hydrogens is 292 g/mol. The van der Waals surface area contributed by atoms with E-state index in [9.17, 15) is 0 Å². The molecule has 2 nitrogen and oxygen atoms in total. The van der Waals surface area contributed by atoms with Gasteiger partial charge < -0.3 is 11.1 Å². The van der Waals surface area contributed by atoms with E-state index in [1.807, 2.05) is 19.2 Å². The highest BCUT2D eigenvalue weighted by Gasteiger charge is 1.91. The topological polar surface area (TPSA) is 38.0 Å². The minimum Gasteiger partial charge on any atom is -0.394 e. The van der Waals surface area contributed by atoms with Gasteiger partial charge in [-0.1, -0.05) is 108 Å². The Bertz CT molecular complexity index is 279. The van der Waals surface area contributed by atoms with Gasteiger partial charge in [-0.15, -0.1) is 0 Å². The van der Waals surface area contributed by atoms with Gasteiger partial charge in [0.05, 0.1) is 0 Å². The second-order valence-corrected chi connectivity index (χ2v) is 5.94. The fourth-order valence-corrected chi connectivity index (χ4v) is 2.15. The number of allylic oxidation sites excluding steroid dienone is 6. The van der Waals surface area contributed by atoms with E-state index in [0.29, 0.717) is 0 Å². The fourth-order valence-electron chi connectivity index (χ4n) is 2.15. The van der Waals surface area contributed by atoms with Crippen molar-refractivity contribution in [2.45, 2.75) is 77.6 Å². The van der Waals surface area contributed by atoms with Crippen LogP contribution in [-0.4, -0.2) is 13.6 Å². The van der Waals surface area contributed by atoms with Crippen LogP contribution in [0.1, 0.15) is 77.6 Å². The molecule has 0 radical (unpaired) electrons. The molecule has 0 saturated heterocycles. The average Bonchev–Trinajstić information content (AvgIpc) is 2.94. The van der Waals surface area contributed by atoms with Crippen LogP contribution in [0.3, 0.4) is 0 Å². The van der Waals surface area contributed by atoms with Crippen molar-refractivity contribution in [2.24, 2.45) is 5.73 Å². The molecule has 0 saturated carbocycles. The third-order valence-electron chi connectivity index (χ3n) is 3.64. The number of hydrogen-bond acceptors (Lipinski definition) is 2. The van der Waals surface area contributed by atoms with E-state index in [4.69, 9.17) is 5.73 Å². The molecule has 0 fully saturated rings. The Balaban J connectivity index is 0. The number of rotatable bonds is 11. The second-order valence-electron chi connectivity index (χ2n) is 5.94. The molecule has 0 aromatic carbocycles. The van der Waals surface area contributed by atoms with E-state index in [-0.39, 0.29) is 0 Å². The molecule has 0 amide bonds. The first-order valence-corrected chi connectivity index (χ1v) is 9.80. The van der Waals surface area contributed by atoms with Crippen LogP contribution in [0.5, 0.6) is 0 Å². The van der Waals surface area contributed by atoms with Crippen molar-refractivity contribution in [2.75, 3.05) is 13.6 Å². The minimum absolute atomic E-state index is 0.872. The van der Waals surface area contributed by atoms with E-state index in [1.54, 1.807) is 6.20 Å². The molecule has 0 bridgehead atoms. The summed E-state index contributed by atoms with van der Waals surface area (Å²) in [5.74, 6) is 0. The highest BCUT2D eigenvalue weighted by molar-refractivity contribution is 5.16. The van der Waals surface area contributed by atoms with Gasteiger partial charge >= 0.3 is 0 Å². The first-order valence-electron chi connectivity index (χ1n) is 9.80. The molecule has 0 unspecified atom stereocenters. The molecule has 0 aromatic heterocycles. The van der Waals surface area contributed by atoms with Crippen LogP contribution in [0.4, 0.5) is 0 Å². The molecule has 2 heteroatoms. The molecule has 0 aliphatic heterocycles. The Kier molecular flexibility index (Phi) is 27.7. The minimum atomic E-state index is 0.872. The summed E-state index contributed by atoms with van der Waals surface area (Å²) >= 11 is 0. The van der Waals surface area contributed by atoms with Gasteiger partial charge in [0, 0.05) is 7.05 Å². The molecule has 3 N–H and O–H groups in total. The summed E-state index contributed by atoms with van der Waals surface area (Å²) in [4.78, 5) is 0. The van der Waals surface area contributed by atoms with E-state index in [2.05, 4.69) is 43.1 Å². The van der Waals surface area contributed by atoms with Crippen molar-refractivity contribution >= 4 is 0 Å². The summed E-state index contributed by atoms with van der Waals surface area (Å²) in [5, 5.41) is 2.69. The normalized spacial score (nSPS) is 11.6. The first-order chi connectivity index (χ1) is 11.8. The summed E-state index contributed by atoms with van der Waals surface area (Å²) in [7, 11) is 1.81. The monoisotopic (exact) mass is 334 g/mol. The number of nitrogens with two attached hydrogens (primary N) is 1. The summed E-state index contributed by atoms with van der Waals surface area (Å²) in [6, 6.07) is 0. The highest BCUT2D eigenvalue weighted by atomic mass is 14.8. The molecule has 0 heterocycles. The molecule has 24 heavy (non-hydrogen) atoms. The molecule has 0 atom stereocenters. The third kappa shape index (κ3) is 28.8. The molecule has 140 valence electrons. The van der Waals surface area contributed by atoms with Gasteiger partial charge in [0.15, 0.2) is 0 Å². The van der Waals surface area contributed by atoms with Crippen molar-refractivity contribution in [3.63, 3.8) is 0 Å². The molecular formula is C22H42N2. The fraction of sp³-hybridized carbons (Fsp3) is 0.636. The van der Waals surface area contributed by atoms with E-state index in [0.717, 1.165) is 13.0 Å².